The van der Waals surface area contributed by atoms with Crippen LogP contribution >= 0.6 is 0 Å². The van der Waals surface area contributed by atoms with Crippen LogP contribution in [-0.2, 0) is 4.84 Å². The van der Waals surface area contributed by atoms with E-state index in [2.05, 4.69) is 20.1 Å². The fourth-order valence-electron chi connectivity index (χ4n) is 4.09. The van der Waals surface area contributed by atoms with Gasteiger partial charge in [0.1, 0.15) is 5.82 Å². The highest BCUT2D eigenvalue weighted by molar-refractivity contribution is 6.05. The number of rotatable bonds is 7. The summed E-state index contributed by atoms with van der Waals surface area (Å²) in [6.45, 7) is 1.91. The van der Waals surface area contributed by atoms with Gasteiger partial charge in [0.05, 0.1) is 23.3 Å². The molecule has 5 rings (SSSR count). The number of hydrogen-bond donors (Lipinski definition) is 0. The van der Waals surface area contributed by atoms with Crippen LogP contribution in [0.1, 0.15) is 59.1 Å². The first-order chi connectivity index (χ1) is 17.1. The summed E-state index contributed by atoms with van der Waals surface area (Å²) in [6.07, 6.45) is 5.14. The number of benzene rings is 1. The van der Waals surface area contributed by atoms with Crippen LogP contribution in [-0.4, -0.2) is 26.4 Å². The summed E-state index contributed by atoms with van der Waals surface area (Å²) < 4.78 is 13.3. The molecule has 0 N–H and O–H groups in total. The number of carbonyl (C=O) groups excluding carboxylic acids is 1. The topological polar surface area (TPSA) is 77.3 Å². The Morgan fingerprint density at radius 2 is 1.80 bits per heavy atom. The van der Waals surface area contributed by atoms with Gasteiger partial charge in [-0.05, 0) is 54.6 Å². The second-order valence-electron chi connectivity index (χ2n) is 8.53. The number of hydrogen-bond acceptors (Lipinski definition) is 6. The van der Waals surface area contributed by atoms with E-state index in [1.54, 1.807) is 18.5 Å². The van der Waals surface area contributed by atoms with E-state index in [4.69, 9.17) is 4.84 Å². The van der Waals surface area contributed by atoms with E-state index < -0.39 is 5.82 Å². The average molecular weight is 467 g/mol. The van der Waals surface area contributed by atoms with Gasteiger partial charge in [0.25, 0.3) is 0 Å². The molecule has 2 atom stereocenters. The van der Waals surface area contributed by atoms with Crippen molar-refractivity contribution in [3.63, 3.8) is 0 Å². The molecular weight excluding hydrogens is 443 g/mol. The molecule has 7 heteroatoms. The number of Topliss-reactive ketones (excluding diaryl/α,β-unsaturated/α-hetero) is 1. The first-order valence-corrected chi connectivity index (χ1v) is 11.4. The number of halogens is 1. The third-order valence-corrected chi connectivity index (χ3v) is 5.98. The zero-order valence-electron chi connectivity index (χ0n) is 19.1. The fraction of sp³-hybridized carbons (Fsp3) is 0.179. The van der Waals surface area contributed by atoms with E-state index in [-0.39, 0.29) is 24.2 Å². The van der Waals surface area contributed by atoms with Gasteiger partial charge in [-0.25, -0.2) is 4.39 Å². The maximum Gasteiger partial charge on any atom is 0.174 e. The molecule has 0 aliphatic carbocycles. The van der Waals surface area contributed by atoms with Crippen molar-refractivity contribution in [1.29, 1.82) is 0 Å². The molecule has 0 radical (unpaired) electrons. The third-order valence-electron chi connectivity index (χ3n) is 5.98. The molecule has 0 fully saturated rings. The minimum Gasteiger partial charge on any atom is -0.385 e. The van der Waals surface area contributed by atoms with Crippen molar-refractivity contribution >= 4 is 11.5 Å². The molecule has 0 unspecified atom stereocenters. The average Bonchev–Trinajstić information content (AvgIpc) is 3.40. The molecule has 0 saturated heterocycles. The van der Waals surface area contributed by atoms with E-state index in [0.29, 0.717) is 17.7 Å². The molecule has 6 nitrogen and oxygen atoms in total. The lowest BCUT2D eigenvalue weighted by Crippen LogP contribution is -2.09. The maximum absolute atomic E-state index is 13.3. The Bertz CT molecular complexity index is 1360. The lowest BCUT2D eigenvalue weighted by Gasteiger charge is -2.12. The first kappa shape index (κ1) is 22.5. The predicted molar refractivity (Wildman–Crippen MR) is 130 cm³/mol. The Kier molecular flexibility index (Phi) is 6.39. The van der Waals surface area contributed by atoms with Crippen LogP contribution in [0.15, 0.2) is 90.5 Å². The quantitative estimate of drug-likeness (QED) is 0.316. The zero-order valence-corrected chi connectivity index (χ0v) is 19.1. The van der Waals surface area contributed by atoms with Gasteiger partial charge >= 0.3 is 0 Å². The predicted octanol–water partition coefficient (Wildman–Crippen LogP) is 5.92. The lowest BCUT2D eigenvalue weighted by atomic mass is 9.92. The van der Waals surface area contributed by atoms with Gasteiger partial charge in [0.15, 0.2) is 11.9 Å². The highest BCUT2D eigenvalue weighted by atomic mass is 19.1. The molecular formula is C28H23FN4O2. The smallest absolute Gasteiger partial charge is 0.174 e. The van der Waals surface area contributed by atoms with Crippen LogP contribution in [0.5, 0.6) is 0 Å². The molecule has 0 saturated carbocycles. The largest absolute Gasteiger partial charge is 0.385 e. The van der Waals surface area contributed by atoms with Crippen molar-refractivity contribution in [1.82, 2.24) is 15.0 Å². The Balaban J connectivity index is 1.44. The van der Waals surface area contributed by atoms with Crippen LogP contribution in [0.2, 0.25) is 0 Å². The molecule has 174 valence electrons. The second kappa shape index (κ2) is 9.93. The van der Waals surface area contributed by atoms with Gasteiger partial charge in [-0.15, -0.1) is 0 Å². The van der Waals surface area contributed by atoms with Crippen molar-refractivity contribution in [3.8, 4) is 11.3 Å². The molecule has 0 spiro atoms. The summed E-state index contributed by atoms with van der Waals surface area (Å²) in [7, 11) is 0. The fourth-order valence-corrected chi connectivity index (χ4v) is 4.09. The van der Waals surface area contributed by atoms with E-state index in [9.17, 15) is 9.18 Å². The molecule has 0 bridgehead atoms. The van der Waals surface area contributed by atoms with Crippen LogP contribution < -0.4 is 0 Å². The molecule has 35 heavy (non-hydrogen) atoms. The summed E-state index contributed by atoms with van der Waals surface area (Å²) in [5, 5.41) is 4.32. The van der Waals surface area contributed by atoms with Crippen molar-refractivity contribution < 1.29 is 14.0 Å². The number of pyridine rings is 3. The van der Waals surface area contributed by atoms with Gasteiger partial charge in [0, 0.05) is 53.5 Å². The van der Waals surface area contributed by atoms with Crippen molar-refractivity contribution in [2.24, 2.45) is 5.16 Å². The number of carbonyl (C=O) groups is 1. The Labute approximate surface area is 202 Å². The highest BCUT2D eigenvalue weighted by Gasteiger charge is 2.26. The van der Waals surface area contributed by atoms with Crippen LogP contribution in [0.4, 0.5) is 4.39 Å². The molecule has 4 heterocycles. The second-order valence-corrected chi connectivity index (χ2v) is 8.53. The van der Waals surface area contributed by atoms with E-state index in [1.807, 2.05) is 61.5 Å². The number of oxime groups is 1. The standard InChI is InChI=1S/C28H23FN4O2/c1-18(23-9-8-22(29)17-32-23)12-27(34)21-14-19(24-6-2-4-10-30-24)13-20(15-21)26-16-28(35-33-26)25-7-3-5-11-31-25/h2-11,13-15,17-18,28H,12,16H2,1H3/t18-,28-/m0/s1. The summed E-state index contributed by atoms with van der Waals surface area (Å²) in [5.41, 5.74) is 5.18. The number of nitrogens with zero attached hydrogens (tertiary/aromatic N) is 4. The Hall–Kier alpha value is -4.26. The summed E-state index contributed by atoms with van der Waals surface area (Å²) >= 11 is 0. The normalized spacial score (nSPS) is 15.8. The molecule has 4 aromatic rings. The monoisotopic (exact) mass is 466 g/mol. The van der Waals surface area contributed by atoms with E-state index in [0.717, 1.165) is 28.2 Å². The number of ketones is 1. The molecule has 1 aliphatic rings. The van der Waals surface area contributed by atoms with Gasteiger partial charge in [-0.2, -0.15) is 0 Å². The summed E-state index contributed by atoms with van der Waals surface area (Å²) in [4.78, 5) is 32.0. The van der Waals surface area contributed by atoms with Crippen LogP contribution in [0, 0.1) is 5.82 Å². The Morgan fingerprint density at radius 3 is 2.51 bits per heavy atom. The molecule has 1 aliphatic heterocycles. The van der Waals surface area contributed by atoms with Crippen molar-refractivity contribution in [3.05, 3.63) is 114 Å². The van der Waals surface area contributed by atoms with E-state index in [1.165, 1.54) is 12.3 Å². The van der Waals surface area contributed by atoms with Gasteiger partial charge < -0.3 is 4.84 Å². The Morgan fingerprint density at radius 1 is 1.00 bits per heavy atom. The zero-order chi connectivity index (χ0) is 24.2. The van der Waals surface area contributed by atoms with Gasteiger partial charge in [0.2, 0.25) is 0 Å². The van der Waals surface area contributed by atoms with Gasteiger partial charge in [-0.1, -0.05) is 24.2 Å². The summed E-state index contributed by atoms with van der Waals surface area (Å²) in [6, 6.07) is 20.0. The minimum atomic E-state index is -0.399. The van der Waals surface area contributed by atoms with Crippen LogP contribution in [0.3, 0.4) is 0 Å². The summed E-state index contributed by atoms with van der Waals surface area (Å²) in [5.74, 6) is -0.599. The molecule has 0 amide bonds. The molecule has 1 aromatic carbocycles. The minimum absolute atomic E-state index is 0.0385. The maximum atomic E-state index is 13.3. The van der Waals surface area contributed by atoms with Gasteiger partial charge in [-0.3, -0.25) is 19.7 Å². The molecule has 3 aromatic heterocycles. The number of aromatic nitrogens is 3. The van der Waals surface area contributed by atoms with E-state index >= 15 is 0 Å². The SMILES string of the molecule is C[C@@H](CC(=O)c1cc(C2=NO[C@H](c3ccccn3)C2)cc(-c2ccccn2)c1)c1ccc(F)cn1. The van der Waals surface area contributed by atoms with Crippen molar-refractivity contribution in [2.75, 3.05) is 0 Å². The lowest BCUT2D eigenvalue weighted by molar-refractivity contribution is 0.0826. The first-order valence-electron chi connectivity index (χ1n) is 11.4. The third kappa shape index (κ3) is 5.14. The van der Waals surface area contributed by atoms with Crippen molar-refractivity contribution in [2.45, 2.75) is 31.8 Å². The van der Waals surface area contributed by atoms with Crippen LogP contribution in [0.25, 0.3) is 11.3 Å². The highest BCUT2D eigenvalue weighted by Crippen LogP contribution is 2.31.